The molecule has 0 spiro atoms. The zero-order chi connectivity index (χ0) is 17.9. The van der Waals surface area contributed by atoms with Gasteiger partial charge in [0.05, 0.1) is 6.10 Å². The molecule has 1 fully saturated rings. The van der Waals surface area contributed by atoms with Crippen LogP contribution in [0.15, 0.2) is 24.3 Å². The lowest BCUT2D eigenvalue weighted by Crippen LogP contribution is -2.45. The Kier molecular flexibility index (Phi) is 9.37. The molecule has 1 aliphatic rings. The fourth-order valence-corrected chi connectivity index (χ4v) is 3.99. The monoisotopic (exact) mass is 364 g/mol. The van der Waals surface area contributed by atoms with E-state index in [0.29, 0.717) is 19.5 Å². The number of rotatable bonds is 11. The molecule has 5 heteroatoms. The van der Waals surface area contributed by atoms with Gasteiger partial charge in [-0.1, -0.05) is 56.9 Å². The first-order valence-corrected chi connectivity index (χ1v) is 10.7. The first kappa shape index (κ1) is 20.3. The van der Waals surface area contributed by atoms with Crippen molar-refractivity contribution in [1.82, 2.24) is 10.6 Å². The van der Waals surface area contributed by atoms with Gasteiger partial charge < -0.3 is 15.7 Å². The van der Waals surface area contributed by atoms with Crippen LogP contribution in [0.3, 0.4) is 0 Å². The van der Waals surface area contributed by atoms with Gasteiger partial charge in [0.2, 0.25) is 5.91 Å². The smallest absolute Gasteiger partial charge is 0.240 e. The van der Waals surface area contributed by atoms with Gasteiger partial charge in [-0.2, -0.15) is 11.8 Å². The highest BCUT2D eigenvalue weighted by atomic mass is 32.2. The van der Waals surface area contributed by atoms with Crippen molar-refractivity contribution in [1.29, 1.82) is 0 Å². The molecular formula is C20H32N2O2S. The van der Waals surface area contributed by atoms with Crippen molar-refractivity contribution in [3.8, 4) is 0 Å². The van der Waals surface area contributed by atoms with Crippen molar-refractivity contribution in [3.05, 3.63) is 35.4 Å². The molecule has 0 aliphatic carbocycles. The fourth-order valence-electron chi connectivity index (χ4n) is 3.01. The number of thioether (sulfide) groups is 1. The van der Waals surface area contributed by atoms with Crippen LogP contribution in [0.25, 0.3) is 0 Å². The Hall–Kier alpha value is -1.04. The van der Waals surface area contributed by atoms with Crippen LogP contribution in [0.5, 0.6) is 0 Å². The molecule has 1 heterocycles. The first-order chi connectivity index (χ1) is 12.2. The highest BCUT2D eigenvalue weighted by Gasteiger charge is 2.30. The summed E-state index contributed by atoms with van der Waals surface area (Å²) in [6.07, 6.45) is 6.77. The van der Waals surface area contributed by atoms with Crippen molar-refractivity contribution in [2.45, 2.75) is 69.9 Å². The second-order valence-electron chi connectivity index (χ2n) is 6.79. The molecule has 0 bridgehead atoms. The van der Waals surface area contributed by atoms with E-state index in [1.165, 1.54) is 43.4 Å². The Balaban J connectivity index is 1.61. The van der Waals surface area contributed by atoms with Crippen LogP contribution in [-0.2, 0) is 17.1 Å². The normalized spacial score (nSPS) is 19.9. The maximum absolute atomic E-state index is 12.0. The molecule has 140 valence electrons. The number of aliphatic hydroxyl groups excluding tert-OH is 1. The van der Waals surface area contributed by atoms with Crippen LogP contribution in [0, 0.1) is 0 Å². The maximum atomic E-state index is 12.0. The minimum atomic E-state index is -0.568. The van der Waals surface area contributed by atoms with Gasteiger partial charge in [-0.3, -0.25) is 4.79 Å². The Bertz CT molecular complexity index is 507. The standard InChI is InChI=1S/C20H32N2O2S/c1-2-3-4-5-6-13-25-15-17-9-7-16(8-10-17)14-22-20(24)19-18(23)11-12-21-19/h7-10,18-19,21,23H,2-6,11-15H2,1H3,(H,22,24). The number of hydrogen-bond donors (Lipinski definition) is 3. The number of carbonyl (C=O) groups excluding carboxylic acids is 1. The van der Waals surface area contributed by atoms with Crippen LogP contribution < -0.4 is 10.6 Å². The molecule has 2 unspecified atom stereocenters. The zero-order valence-corrected chi connectivity index (χ0v) is 16.1. The number of nitrogens with one attached hydrogen (secondary N) is 2. The van der Waals surface area contributed by atoms with E-state index in [0.717, 1.165) is 11.3 Å². The number of carbonyl (C=O) groups is 1. The molecule has 1 saturated heterocycles. The summed E-state index contributed by atoms with van der Waals surface area (Å²) in [6, 6.07) is 7.99. The number of amides is 1. The lowest BCUT2D eigenvalue weighted by molar-refractivity contribution is -0.124. The molecule has 2 atom stereocenters. The summed E-state index contributed by atoms with van der Waals surface area (Å²) < 4.78 is 0. The molecule has 1 aromatic rings. The molecule has 3 N–H and O–H groups in total. The van der Waals surface area contributed by atoms with Gasteiger partial charge in [0.15, 0.2) is 0 Å². The van der Waals surface area contributed by atoms with Crippen molar-refractivity contribution in [2.24, 2.45) is 0 Å². The van der Waals surface area contributed by atoms with Gasteiger partial charge in [0, 0.05) is 12.3 Å². The predicted octanol–water partition coefficient (Wildman–Crippen LogP) is 3.23. The van der Waals surface area contributed by atoms with E-state index >= 15 is 0 Å². The average molecular weight is 365 g/mol. The summed E-state index contributed by atoms with van der Waals surface area (Å²) in [4.78, 5) is 12.0. The minimum Gasteiger partial charge on any atom is -0.391 e. The molecule has 1 aliphatic heterocycles. The van der Waals surface area contributed by atoms with Crippen molar-refractivity contribution < 1.29 is 9.90 Å². The van der Waals surface area contributed by atoms with E-state index in [1.54, 1.807) is 0 Å². The SMILES string of the molecule is CCCCCCCSCc1ccc(CNC(=O)C2NCCC2O)cc1. The summed E-state index contributed by atoms with van der Waals surface area (Å²) in [7, 11) is 0. The van der Waals surface area contributed by atoms with Gasteiger partial charge >= 0.3 is 0 Å². The Morgan fingerprint density at radius 3 is 2.60 bits per heavy atom. The van der Waals surface area contributed by atoms with Gasteiger partial charge in [-0.15, -0.1) is 0 Å². The van der Waals surface area contributed by atoms with E-state index in [4.69, 9.17) is 0 Å². The Morgan fingerprint density at radius 2 is 1.92 bits per heavy atom. The highest BCUT2D eigenvalue weighted by molar-refractivity contribution is 7.98. The maximum Gasteiger partial charge on any atom is 0.240 e. The van der Waals surface area contributed by atoms with E-state index < -0.39 is 12.1 Å². The minimum absolute atomic E-state index is 0.118. The topological polar surface area (TPSA) is 61.4 Å². The average Bonchev–Trinajstić information content (AvgIpc) is 3.06. The second-order valence-corrected chi connectivity index (χ2v) is 7.89. The Labute approximate surface area is 156 Å². The number of hydrogen-bond acceptors (Lipinski definition) is 4. The molecule has 2 rings (SSSR count). The van der Waals surface area contributed by atoms with Gasteiger partial charge in [-0.05, 0) is 36.3 Å². The predicted molar refractivity (Wildman–Crippen MR) is 106 cm³/mol. The van der Waals surface area contributed by atoms with Crippen LogP contribution in [-0.4, -0.2) is 35.5 Å². The quantitative estimate of drug-likeness (QED) is 0.528. The van der Waals surface area contributed by atoms with E-state index in [9.17, 15) is 9.90 Å². The third kappa shape index (κ3) is 7.38. The van der Waals surface area contributed by atoms with E-state index in [1.807, 2.05) is 11.8 Å². The molecule has 1 aromatic carbocycles. The number of aliphatic hydroxyl groups is 1. The Morgan fingerprint density at radius 1 is 1.20 bits per heavy atom. The molecule has 0 radical (unpaired) electrons. The molecule has 25 heavy (non-hydrogen) atoms. The summed E-state index contributed by atoms with van der Waals surface area (Å²) in [5, 5.41) is 15.7. The first-order valence-electron chi connectivity index (χ1n) is 9.55. The lowest BCUT2D eigenvalue weighted by atomic mass is 10.1. The third-order valence-corrected chi connectivity index (χ3v) is 5.74. The van der Waals surface area contributed by atoms with Gasteiger partial charge in [0.1, 0.15) is 6.04 Å². The molecule has 4 nitrogen and oxygen atoms in total. The summed E-state index contributed by atoms with van der Waals surface area (Å²) in [5.41, 5.74) is 2.43. The zero-order valence-electron chi connectivity index (χ0n) is 15.3. The summed E-state index contributed by atoms with van der Waals surface area (Å²) in [5.74, 6) is 2.17. The largest absolute Gasteiger partial charge is 0.391 e. The van der Waals surface area contributed by atoms with Crippen LogP contribution >= 0.6 is 11.8 Å². The number of unbranched alkanes of at least 4 members (excludes halogenated alkanes) is 4. The van der Waals surface area contributed by atoms with Crippen LogP contribution in [0.2, 0.25) is 0 Å². The van der Waals surface area contributed by atoms with Crippen LogP contribution in [0.4, 0.5) is 0 Å². The number of benzene rings is 1. The van der Waals surface area contributed by atoms with Crippen molar-refractivity contribution in [3.63, 3.8) is 0 Å². The van der Waals surface area contributed by atoms with Gasteiger partial charge in [-0.25, -0.2) is 0 Å². The van der Waals surface area contributed by atoms with Crippen molar-refractivity contribution >= 4 is 17.7 Å². The molecular weight excluding hydrogens is 332 g/mol. The summed E-state index contributed by atoms with van der Waals surface area (Å²) in [6.45, 7) is 3.46. The molecule has 0 saturated carbocycles. The van der Waals surface area contributed by atoms with Crippen molar-refractivity contribution in [2.75, 3.05) is 12.3 Å². The van der Waals surface area contributed by atoms with E-state index in [-0.39, 0.29) is 5.91 Å². The second kappa shape index (κ2) is 11.6. The fraction of sp³-hybridized carbons (Fsp3) is 0.650. The van der Waals surface area contributed by atoms with Gasteiger partial charge in [0.25, 0.3) is 0 Å². The molecule has 0 aromatic heterocycles. The van der Waals surface area contributed by atoms with E-state index in [2.05, 4.69) is 41.8 Å². The summed E-state index contributed by atoms with van der Waals surface area (Å²) >= 11 is 2.00. The highest BCUT2D eigenvalue weighted by Crippen LogP contribution is 2.16. The lowest BCUT2D eigenvalue weighted by Gasteiger charge is -2.14. The third-order valence-electron chi connectivity index (χ3n) is 4.62. The molecule has 1 amide bonds. The van der Waals surface area contributed by atoms with Crippen LogP contribution in [0.1, 0.15) is 56.6 Å².